The zero-order valence-corrected chi connectivity index (χ0v) is 22.3. The molecule has 2 amide bonds. The second kappa shape index (κ2) is 12.2. The van der Waals surface area contributed by atoms with E-state index >= 15 is 0 Å². The highest BCUT2D eigenvalue weighted by atomic mass is 16.5. The molecule has 2 heterocycles. The number of nitrogens with two attached hydrogens (primary N) is 1. The molecule has 1 saturated carbocycles. The van der Waals surface area contributed by atoms with Crippen molar-refractivity contribution in [1.29, 1.82) is 5.41 Å². The highest BCUT2D eigenvalue weighted by Gasteiger charge is 2.29. The molecule has 4 rings (SSSR count). The van der Waals surface area contributed by atoms with Crippen molar-refractivity contribution in [2.24, 2.45) is 16.6 Å². The number of nitrogens with zero attached hydrogens (tertiary/aromatic N) is 3. The van der Waals surface area contributed by atoms with Crippen molar-refractivity contribution < 1.29 is 14.3 Å². The van der Waals surface area contributed by atoms with Gasteiger partial charge in [-0.3, -0.25) is 14.6 Å². The van der Waals surface area contributed by atoms with Crippen LogP contribution in [0.2, 0.25) is 0 Å². The molecule has 2 aromatic rings. The number of hydrogen-bond acceptors (Lipinski definition) is 7. The number of anilines is 1. The number of rotatable bonds is 10. The van der Waals surface area contributed by atoms with Crippen LogP contribution in [-0.2, 0) is 16.1 Å². The number of amides is 2. The third-order valence-electron chi connectivity index (χ3n) is 6.32. The molecule has 202 valence electrons. The van der Waals surface area contributed by atoms with E-state index in [2.05, 4.69) is 20.6 Å². The Hall–Kier alpha value is -4.73. The van der Waals surface area contributed by atoms with Crippen molar-refractivity contribution in [3.63, 3.8) is 0 Å². The average molecular weight is 528 g/mol. The smallest absolute Gasteiger partial charge is 0.270 e. The first kappa shape index (κ1) is 27.3. The summed E-state index contributed by atoms with van der Waals surface area (Å²) in [7, 11) is 3.32. The number of dihydropyridines is 1. The van der Waals surface area contributed by atoms with E-state index < -0.39 is 0 Å². The molecule has 10 nitrogen and oxygen atoms in total. The molecule has 0 atom stereocenters. The third kappa shape index (κ3) is 6.98. The van der Waals surface area contributed by atoms with Crippen molar-refractivity contribution in [2.45, 2.75) is 26.3 Å². The van der Waals surface area contributed by atoms with Gasteiger partial charge < -0.3 is 31.4 Å². The van der Waals surface area contributed by atoms with Gasteiger partial charge in [-0.15, -0.1) is 0 Å². The van der Waals surface area contributed by atoms with Crippen molar-refractivity contribution in [2.75, 3.05) is 26.0 Å². The van der Waals surface area contributed by atoms with Crippen molar-refractivity contribution in [3.05, 3.63) is 83.5 Å². The van der Waals surface area contributed by atoms with Gasteiger partial charge >= 0.3 is 0 Å². The van der Waals surface area contributed by atoms with Crippen LogP contribution in [-0.4, -0.2) is 53.9 Å². The van der Waals surface area contributed by atoms with Gasteiger partial charge in [-0.1, -0.05) is 24.3 Å². The molecule has 39 heavy (non-hydrogen) atoms. The van der Waals surface area contributed by atoms with E-state index in [4.69, 9.17) is 15.9 Å². The number of carbonyl (C=O) groups excluding carboxylic acids is 2. The number of aromatic nitrogens is 1. The number of likely N-dealkylation sites (N-methyl/N-ethyl adjacent to an activating group) is 1. The number of ether oxygens (including phenoxy) is 1. The number of carbonyl (C=O) groups is 2. The Morgan fingerprint density at radius 3 is 2.67 bits per heavy atom. The Kier molecular flexibility index (Phi) is 8.55. The van der Waals surface area contributed by atoms with Crippen LogP contribution in [0.25, 0.3) is 5.57 Å². The largest absolute Gasteiger partial charge is 0.494 e. The van der Waals surface area contributed by atoms with Gasteiger partial charge in [0, 0.05) is 37.3 Å². The number of benzene rings is 1. The van der Waals surface area contributed by atoms with Gasteiger partial charge in [0.1, 0.15) is 17.3 Å². The molecule has 0 spiro atoms. The number of amidine groups is 1. The lowest BCUT2D eigenvalue weighted by molar-refractivity contribution is -0.126. The predicted octanol–water partition coefficient (Wildman–Crippen LogP) is 3.25. The van der Waals surface area contributed by atoms with E-state index in [-0.39, 0.29) is 29.3 Å². The van der Waals surface area contributed by atoms with Crippen molar-refractivity contribution in [3.8, 4) is 5.75 Å². The van der Waals surface area contributed by atoms with E-state index in [1.54, 1.807) is 38.3 Å². The van der Waals surface area contributed by atoms with E-state index in [1.807, 2.05) is 42.5 Å². The van der Waals surface area contributed by atoms with Gasteiger partial charge in [-0.25, -0.2) is 0 Å². The van der Waals surface area contributed by atoms with Gasteiger partial charge in [-0.2, -0.15) is 4.99 Å². The highest BCUT2D eigenvalue weighted by Crippen LogP contribution is 2.35. The summed E-state index contributed by atoms with van der Waals surface area (Å²) < 4.78 is 5.75. The molecular weight excluding hydrogens is 494 g/mol. The van der Waals surface area contributed by atoms with Gasteiger partial charge in [0.05, 0.1) is 36.4 Å². The number of hydrogen-bond donors (Lipinski definition) is 4. The Morgan fingerprint density at radius 2 is 2.05 bits per heavy atom. The van der Waals surface area contributed by atoms with Crippen molar-refractivity contribution in [1.82, 2.24) is 15.2 Å². The number of allylic oxidation sites excluding steroid dienone is 3. The second-order valence-electron chi connectivity index (χ2n) is 9.45. The normalized spacial score (nSPS) is 15.5. The second-order valence-corrected chi connectivity index (χ2v) is 9.45. The molecule has 1 fully saturated rings. The lowest BCUT2D eigenvalue weighted by atomic mass is 10.0. The fraction of sp³-hybridized carbons (Fsp3) is 0.276. The number of pyridine rings is 1. The maximum atomic E-state index is 12.9. The van der Waals surface area contributed by atoms with E-state index in [9.17, 15) is 9.59 Å². The molecule has 0 unspecified atom stereocenters. The van der Waals surface area contributed by atoms with Crippen LogP contribution in [0.1, 0.15) is 31.0 Å². The summed E-state index contributed by atoms with van der Waals surface area (Å²) in [4.78, 5) is 34.8. The standard InChI is InChI=1S/C29H33N7O3/c1-18(30)25(15-26(31)35-28(37)19-10-11-19)34-23-9-6-8-22(27(23)39-3)20-12-13-24(33-16-20)29(38)36(2)17-21-7-4-5-14-32-21/h4-9,12-15,19,30,33-34H,10-11,16-17H2,1-3H3,(H2,31,35,37)/b25-15+,30-18?. The van der Waals surface area contributed by atoms with Crippen LogP contribution >= 0.6 is 0 Å². The van der Waals surface area contributed by atoms with Gasteiger partial charge in [0.2, 0.25) is 0 Å². The Balaban J connectivity index is 1.53. The summed E-state index contributed by atoms with van der Waals surface area (Å²) in [5, 5.41) is 14.6. The van der Waals surface area contributed by atoms with Gasteiger partial charge in [0.25, 0.3) is 11.8 Å². The van der Waals surface area contributed by atoms with Crippen LogP contribution in [0.4, 0.5) is 5.69 Å². The molecule has 0 bridgehead atoms. The maximum absolute atomic E-state index is 12.9. The molecule has 1 aliphatic heterocycles. The molecule has 5 N–H and O–H groups in total. The molecule has 10 heteroatoms. The molecule has 0 saturated heterocycles. The molecule has 1 aliphatic carbocycles. The molecule has 2 aliphatic rings. The zero-order chi connectivity index (χ0) is 27.9. The van der Waals surface area contributed by atoms with E-state index in [0.29, 0.717) is 35.9 Å². The van der Waals surface area contributed by atoms with Crippen LogP contribution in [0, 0.1) is 11.3 Å². The Bertz CT molecular complexity index is 1390. The highest BCUT2D eigenvalue weighted by molar-refractivity contribution is 6.08. The average Bonchev–Trinajstić information content (AvgIpc) is 3.78. The summed E-state index contributed by atoms with van der Waals surface area (Å²) in [6.07, 6.45) is 8.53. The number of methoxy groups -OCH3 is 1. The summed E-state index contributed by atoms with van der Waals surface area (Å²) >= 11 is 0. The minimum atomic E-state index is -0.226. The van der Waals surface area contributed by atoms with Crippen LogP contribution in [0.15, 0.2) is 77.2 Å². The lowest BCUT2D eigenvalue weighted by Gasteiger charge is -2.23. The van der Waals surface area contributed by atoms with Crippen LogP contribution in [0.3, 0.4) is 0 Å². The van der Waals surface area contributed by atoms with Gasteiger partial charge in [-0.05, 0) is 49.6 Å². The van der Waals surface area contributed by atoms with Gasteiger partial charge in [0.15, 0.2) is 0 Å². The fourth-order valence-electron chi connectivity index (χ4n) is 4.06. The first-order valence-corrected chi connectivity index (χ1v) is 12.7. The first-order valence-electron chi connectivity index (χ1n) is 12.7. The van der Waals surface area contributed by atoms with E-state index in [1.165, 1.54) is 6.08 Å². The topological polar surface area (TPSA) is 146 Å². The number of aliphatic imine (C=N–C) groups is 1. The summed E-state index contributed by atoms with van der Waals surface area (Å²) in [5.74, 6) is 0.225. The fourth-order valence-corrected chi connectivity index (χ4v) is 4.06. The van der Waals surface area contributed by atoms with Crippen LogP contribution in [0.5, 0.6) is 5.75 Å². The molecule has 1 aromatic heterocycles. The summed E-state index contributed by atoms with van der Waals surface area (Å²) in [6, 6.07) is 11.2. The monoisotopic (exact) mass is 527 g/mol. The molecular formula is C29H33N7O3. The zero-order valence-electron chi connectivity index (χ0n) is 22.3. The Labute approximate surface area is 227 Å². The number of para-hydroxylation sites is 1. The third-order valence-corrected chi connectivity index (χ3v) is 6.32. The van der Waals surface area contributed by atoms with Crippen LogP contribution < -0.4 is 21.1 Å². The molecule has 0 radical (unpaired) electrons. The van der Waals surface area contributed by atoms with Crippen molar-refractivity contribution >= 4 is 34.6 Å². The maximum Gasteiger partial charge on any atom is 0.270 e. The molecule has 1 aromatic carbocycles. The predicted molar refractivity (Wildman–Crippen MR) is 152 cm³/mol. The summed E-state index contributed by atoms with van der Waals surface area (Å²) in [5.41, 5.74) is 10.3. The Morgan fingerprint density at radius 1 is 1.26 bits per heavy atom. The number of nitrogens with one attached hydrogen (secondary N) is 3. The summed E-state index contributed by atoms with van der Waals surface area (Å²) in [6.45, 7) is 2.44. The lowest BCUT2D eigenvalue weighted by Crippen LogP contribution is -2.35. The van der Waals surface area contributed by atoms with E-state index in [0.717, 1.165) is 29.7 Å². The quantitative estimate of drug-likeness (QED) is 0.274. The SMILES string of the molecule is COc1c(N/C(=C/C(N)=NC(=O)C2CC2)C(C)=N)cccc1C1=CC=C(C(=O)N(C)Cc2ccccn2)NC1. The minimum absolute atomic E-state index is 0.0327. The first-order chi connectivity index (χ1) is 18.8. The minimum Gasteiger partial charge on any atom is -0.494 e.